The van der Waals surface area contributed by atoms with Gasteiger partial charge < -0.3 is 0 Å². The Kier molecular flexibility index (Phi) is 6.07. The lowest BCUT2D eigenvalue weighted by molar-refractivity contribution is 0.521. The summed E-state index contributed by atoms with van der Waals surface area (Å²) in [5, 5.41) is 18.2. The maximum atomic E-state index is 12.6. The van der Waals surface area contributed by atoms with Crippen molar-refractivity contribution in [2.45, 2.75) is 23.9 Å². The van der Waals surface area contributed by atoms with Crippen molar-refractivity contribution in [3.63, 3.8) is 0 Å². The molecule has 1 heterocycles. The SMILES string of the molecule is Cc1cccc(C)c1-n1c(SCC#N)nnc1-c1cccc(S(=O)(=O)N(C)C)c1. The summed E-state index contributed by atoms with van der Waals surface area (Å²) in [6, 6.07) is 14.7. The number of para-hydroxylation sites is 1. The molecular weight excluding hydrogens is 406 g/mol. The van der Waals surface area contributed by atoms with Crippen LogP contribution in [-0.2, 0) is 10.0 Å². The molecular formula is C20H21N5O2S2. The van der Waals surface area contributed by atoms with Gasteiger partial charge in [-0.25, -0.2) is 12.7 Å². The van der Waals surface area contributed by atoms with Crippen LogP contribution < -0.4 is 0 Å². The number of benzene rings is 2. The van der Waals surface area contributed by atoms with Gasteiger partial charge in [0.05, 0.1) is 22.4 Å². The van der Waals surface area contributed by atoms with Gasteiger partial charge in [-0.1, -0.05) is 42.1 Å². The Bertz CT molecular complexity index is 1170. The van der Waals surface area contributed by atoms with Crippen molar-refractivity contribution >= 4 is 21.8 Å². The summed E-state index contributed by atoms with van der Waals surface area (Å²) in [7, 11) is -0.585. The first kappa shape index (κ1) is 21.0. The predicted molar refractivity (Wildman–Crippen MR) is 113 cm³/mol. The van der Waals surface area contributed by atoms with E-state index in [0.29, 0.717) is 16.5 Å². The van der Waals surface area contributed by atoms with Gasteiger partial charge in [0.2, 0.25) is 10.0 Å². The molecule has 2 aromatic carbocycles. The van der Waals surface area contributed by atoms with Crippen molar-refractivity contribution in [1.29, 1.82) is 5.26 Å². The number of hydrogen-bond acceptors (Lipinski definition) is 6. The van der Waals surface area contributed by atoms with E-state index in [0.717, 1.165) is 16.8 Å². The van der Waals surface area contributed by atoms with E-state index in [1.54, 1.807) is 18.2 Å². The van der Waals surface area contributed by atoms with Crippen molar-refractivity contribution in [3.05, 3.63) is 53.6 Å². The van der Waals surface area contributed by atoms with Gasteiger partial charge in [0.25, 0.3) is 0 Å². The minimum Gasteiger partial charge on any atom is -0.269 e. The Morgan fingerprint density at radius 1 is 1.10 bits per heavy atom. The van der Waals surface area contributed by atoms with Crippen molar-refractivity contribution < 1.29 is 8.42 Å². The van der Waals surface area contributed by atoms with Gasteiger partial charge in [0, 0.05) is 19.7 Å². The zero-order valence-electron chi connectivity index (χ0n) is 16.6. The number of thioether (sulfide) groups is 1. The van der Waals surface area contributed by atoms with E-state index in [2.05, 4.69) is 16.3 Å². The number of rotatable bonds is 6. The fraction of sp³-hybridized carbons (Fsp3) is 0.250. The zero-order valence-corrected chi connectivity index (χ0v) is 18.3. The van der Waals surface area contributed by atoms with Crippen LogP contribution in [0.3, 0.4) is 0 Å². The first-order valence-corrected chi connectivity index (χ1v) is 11.2. The smallest absolute Gasteiger partial charge is 0.242 e. The molecule has 0 aliphatic carbocycles. The third-order valence-corrected chi connectivity index (χ3v) is 7.04. The van der Waals surface area contributed by atoms with E-state index < -0.39 is 10.0 Å². The molecule has 3 rings (SSSR count). The standard InChI is InChI=1S/C20H21N5O2S2/c1-14-7-5-8-15(2)18(14)25-19(22-23-20(25)28-12-11-21)16-9-6-10-17(13-16)29(26,27)24(3)4/h5-10,13H,12H2,1-4H3. The number of nitrogens with zero attached hydrogens (tertiary/aromatic N) is 5. The second-order valence-corrected chi connectivity index (χ2v) is 9.74. The molecule has 7 nitrogen and oxygen atoms in total. The lowest BCUT2D eigenvalue weighted by atomic mass is 10.1. The summed E-state index contributed by atoms with van der Waals surface area (Å²) in [5.74, 6) is 0.761. The van der Waals surface area contributed by atoms with Gasteiger partial charge in [-0.05, 0) is 37.1 Å². The van der Waals surface area contributed by atoms with Crippen LogP contribution in [0.15, 0.2) is 52.5 Å². The molecule has 0 aliphatic heterocycles. The first-order valence-electron chi connectivity index (χ1n) is 8.82. The fourth-order valence-corrected chi connectivity index (χ4v) is 4.56. The van der Waals surface area contributed by atoms with Crippen molar-refractivity contribution in [1.82, 2.24) is 19.1 Å². The molecule has 0 saturated heterocycles. The quantitative estimate of drug-likeness (QED) is 0.560. The molecule has 0 spiro atoms. The molecule has 0 radical (unpaired) electrons. The first-order chi connectivity index (χ1) is 13.8. The highest BCUT2D eigenvalue weighted by molar-refractivity contribution is 7.99. The average Bonchev–Trinajstić information content (AvgIpc) is 3.09. The van der Waals surface area contributed by atoms with Crippen LogP contribution in [0.25, 0.3) is 17.1 Å². The lowest BCUT2D eigenvalue weighted by Crippen LogP contribution is -2.22. The highest BCUT2D eigenvalue weighted by atomic mass is 32.2. The topological polar surface area (TPSA) is 91.9 Å². The molecule has 0 fully saturated rings. The molecule has 0 amide bonds. The van der Waals surface area contributed by atoms with Gasteiger partial charge in [-0.2, -0.15) is 5.26 Å². The molecule has 0 atom stereocenters. The van der Waals surface area contributed by atoms with E-state index in [4.69, 9.17) is 5.26 Å². The molecule has 1 aromatic heterocycles. The Hall–Kier alpha value is -2.67. The Balaban J connectivity index is 2.25. The van der Waals surface area contributed by atoms with Crippen LogP contribution in [0, 0.1) is 25.2 Å². The molecule has 150 valence electrons. The summed E-state index contributed by atoms with van der Waals surface area (Å²) in [4.78, 5) is 0.183. The Labute approximate surface area is 175 Å². The number of aryl methyl sites for hydroxylation is 2. The second-order valence-electron chi connectivity index (χ2n) is 6.64. The van der Waals surface area contributed by atoms with E-state index >= 15 is 0 Å². The highest BCUT2D eigenvalue weighted by Crippen LogP contribution is 2.32. The minimum absolute atomic E-state index is 0.183. The van der Waals surface area contributed by atoms with E-state index in [9.17, 15) is 8.42 Å². The molecule has 0 aliphatic rings. The summed E-state index contributed by atoms with van der Waals surface area (Å²) in [6.45, 7) is 4.00. The summed E-state index contributed by atoms with van der Waals surface area (Å²) >= 11 is 1.29. The molecule has 29 heavy (non-hydrogen) atoms. The minimum atomic E-state index is -3.58. The van der Waals surface area contributed by atoms with Gasteiger partial charge in [0.1, 0.15) is 0 Å². The maximum absolute atomic E-state index is 12.6. The molecule has 9 heteroatoms. The monoisotopic (exact) mass is 427 g/mol. The third-order valence-electron chi connectivity index (χ3n) is 4.43. The summed E-state index contributed by atoms with van der Waals surface area (Å²) in [6.07, 6.45) is 0. The molecule has 3 aromatic rings. The fourth-order valence-electron chi connectivity index (χ4n) is 3.01. The Morgan fingerprint density at radius 3 is 2.38 bits per heavy atom. The van der Waals surface area contributed by atoms with Crippen LogP contribution in [0.5, 0.6) is 0 Å². The van der Waals surface area contributed by atoms with Crippen LogP contribution in [0.4, 0.5) is 0 Å². The number of hydrogen-bond donors (Lipinski definition) is 0. The predicted octanol–water partition coefficient (Wildman–Crippen LogP) is 3.42. The molecule has 0 unspecified atom stereocenters. The van der Waals surface area contributed by atoms with Crippen molar-refractivity contribution in [3.8, 4) is 23.1 Å². The zero-order chi connectivity index (χ0) is 21.2. The molecule has 0 saturated carbocycles. The highest BCUT2D eigenvalue weighted by Gasteiger charge is 2.22. The number of aromatic nitrogens is 3. The van der Waals surface area contributed by atoms with Crippen LogP contribution >= 0.6 is 11.8 Å². The Morgan fingerprint density at radius 2 is 1.76 bits per heavy atom. The van der Waals surface area contributed by atoms with E-state index in [1.165, 1.54) is 30.2 Å². The molecule has 0 bridgehead atoms. The normalized spacial score (nSPS) is 11.6. The van der Waals surface area contributed by atoms with E-state index in [1.807, 2.05) is 42.7 Å². The lowest BCUT2D eigenvalue weighted by Gasteiger charge is -2.16. The largest absolute Gasteiger partial charge is 0.269 e. The van der Waals surface area contributed by atoms with Gasteiger partial charge in [-0.3, -0.25) is 4.57 Å². The number of sulfonamides is 1. The average molecular weight is 428 g/mol. The van der Waals surface area contributed by atoms with Crippen LogP contribution in [0.2, 0.25) is 0 Å². The van der Waals surface area contributed by atoms with Crippen molar-refractivity contribution in [2.75, 3.05) is 19.8 Å². The van der Waals surface area contributed by atoms with Gasteiger partial charge in [-0.15, -0.1) is 10.2 Å². The summed E-state index contributed by atoms with van der Waals surface area (Å²) in [5.41, 5.74) is 3.62. The van der Waals surface area contributed by atoms with E-state index in [-0.39, 0.29) is 10.6 Å². The third kappa shape index (κ3) is 4.05. The maximum Gasteiger partial charge on any atom is 0.242 e. The van der Waals surface area contributed by atoms with Gasteiger partial charge in [0.15, 0.2) is 11.0 Å². The molecule has 0 N–H and O–H groups in total. The van der Waals surface area contributed by atoms with Crippen LogP contribution in [0.1, 0.15) is 11.1 Å². The summed E-state index contributed by atoms with van der Waals surface area (Å²) < 4.78 is 28.2. The number of nitriles is 1. The van der Waals surface area contributed by atoms with Crippen molar-refractivity contribution in [2.24, 2.45) is 0 Å². The van der Waals surface area contributed by atoms with Crippen LogP contribution in [-0.4, -0.2) is 47.3 Å². The van der Waals surface area contributed by atoms with Gasteiger partial charge >= 0.3 is 0 Å². The second kappa shape index (κ2) is 8.37.